The van der Waals surface area contributed by atoms with Crippen LogP contribution in [0.3, 0.4) is 0 Å². The Balaban J connectivity index is 1.48. The summed E-state index contributed by atoms with van der Waals surface area (Å²) in [7, 11) is 0. The van der Waals surface area contributed by atoms with Gasteiger partial charge in [0.05, 0.1) is 5.92 Å². The maximum Gasteiger partial charge on any atom is 0.315 e. The van der Waals surface area contributed by atoms with E-state index >= 15 is 0 Å². The zero-order valence-corrected chi connectivity index (χ0v) is 15.0. The van der Waals surface area contributed by atoms with E-state index in [1.54, 1.807) is 29.2 Å². The molecule has 1 heterocycles. The first-order valence-corrected chi connectivity index (χ1v) is 9.18. The van der Waals surface area contributed by atoms with Crippen molar-refractivity contribution in [3.8, 4) is 0 Å². The topological polar surface area (TPSA) is 98.7 Å². The molecule has 7 nitrogen and oxygen atoms in total. The lowest BCUT2D eigenvalue weighted by atomic mass is 9.86. The number of anilines is 1. The molecular formula is C18H22ClN3O4. The van der Waals surface area contributed by atoms with Gasteiger partial charge in [0.15, 0.2) is 0 Å². The number of aliphatic carboxylic acids is 1. The van der Waals surface area contributed by atoms with Gasteiger partial charge in [0, 0.05) is 23.3 Å². The second-order valence-electron chi connectivity index (χ2n) is 6.81. The largest absolute Gasteiger partial charge is 0.481 e. The maximum atomic E-state index is 12.5. The van der Waals surface area contributed by atoms with Crippen LogP contribution in [-0.2, 0) is 9.59 Å². The fourth-order valence-corrected chi connectivity index (χ4v) is 3.69. The molecule has 140 valence electrons. The lowest BCUT2D eigenvalue weighted by molar-refractivity contribution is -0.142. The molecule has 26 heavy (non-hydrogen) atoms. The summed E-state index contributed by atoms with van der Waals surface area (Å²) in [6.45, 7) is 0.537. The number of amides is 3. The molecule has 1 aliphatic carbocycles. The number of urea groups is 1. The number of nitrogens with zero attached hydrogens (tertiary/aromatic N) is 1. The Kier molecular flexibility index (Phi) is 5.66. The van der Waals surface area contributed by atoms with Gasteiger partial charge in [-0.05, 0) is 56.4 Å². The summed E-state index contributed by atoms with van der Waals surface area (Å²) in [6, 6.07) is 6.04. The third-order valence-corrected chi connectivity index (χ3v) is 5.31. The molecule has 8 heteroatoms. The highest BCUT2D eigenvalue weighted by Crippen LogP contribution is 2.25. The highest BCUT2D eigenvalue weighted by molar-refractivity contribution is 6.30. The molecular weight excluding hydrogens is 358 g/mol. The lowest BCUT2D eigenvalue weighted by Gasteiger charge is -2.27. The minimum atomic E-state index is -0.772. The molecule has 3 N–H and O–H groups in total. The Morgan fingerprint density at radius 3 is 2.31 bits per heavy atom. The van der Waals surface area contributed by atoms with E-state index in [1.807, 2.05) is 0 Å². The van der Waals surface area contributed by atoms with Crippen LogP contribution in [0.2, 0.25) is 5.02 Å². The fourth-order valence-electron chi connectivity index (χ4n) is 3.56. The Hall–Kier alpha value is -2.28. The summed E-state index contributed by atoms with van der Waals surface area (Å²) < 4.78 is 0. The van der Waals surface area contributed by atoms with Crippen molar-refractivity contribution in [3.05, 3.63) is 29.3 Å². The summed E-state index contributed by atoms with van der Waals surface area (Å²) >= 11 is 5.87. The Morgan fingerprint density at radius 2 is 1.69 bits per heavy atom. The molecule has 0 aromatic heterocycles. The van der Waals surface area contributed by atoms with Gasteiger partial charge in [-0.1, -0.05) is 11.6 Å². The molecule has 2 aliphatic rings. The predicted molar refractivity (Wildman–Crippen MR) is 97.3 cm³/mol. The van der Waals surface area contributed by atoms with Crippen molar-refractivity contribution in [2.75, 3.05) is 11.4 Å². The number of carboxylic acid groups (broad SMARTS) is 1. The van der Waals surface area contributed by atoms with Gasteiger partial charge in [-0.3, -0.25) is 9.59 Å². The van der Waals surface area contributed by atoms with Gasteiger partial charge in [-0.15, -0.1) is 0 Å². The first-order valence-electron chi connectivity index (χ1n) is 8.81. The number of rotatable bonds is 4. The second-order valence-corrected chi connectivity index (χ2v) is 7.25. The Morgan fingerprint density at radius 1 is 1.04 bits per heavy atom. The van der Waals surface area contributed by atoms with Gasteiger partial charge in [0.1, 0.15) is 6.04 Å². The molecule has 0 radical (unpaired) electrons. The van der Waals surface area contributed by atoms with Gasteiger partial charge in [0.25, 0.3) is 0 Å². The van der Waals surface area contributed by atoms with Crippen LogP contribution in [0.25, 0.3) is 0 Å². The first-order chi connectivity index (χ1) is 12.4. The van der Waals surface area contributed by atoms with E-state index in [1.165, 1.54) is 0 Å². The molecule has 1 atom stereocenters. The molecule has 0 bridgehead atoms. The standard InChI is InChI=1S/C18H22ClN3O4/c19-12-3-7-14(8-4-12)22-10-9-15(16(22)23)21-18(26)20-13-5-1-11(2-6-13)17(24)25/h3-4,7-8,11,13,15H,1-2,5-6,9-10H2,(H,24,25)(H2,20,21,26). The van der Waals surface area contributed by atoms with Crippen LogP contribution in [0.1, 0.15) is 32.1 Å². The van der Waals surface area contributed by atoms with Crippen molar-refractivity contribution in [1.82, 2.24) is 10.6 Å². The van der Waals surface area contributed by atoms with Crippen molar-refractivity contribution in [3.63, 3.8) is 0 Å². The zero-order chi connectivity index (χ0) is 18.7. The van der Waals surface area contributed by atoms with Crippen molar-refractivity contribution in [2.24, 2.45) is 5.92 Å². The van der Waals surface area contributed by atoms with Gasteiger partial charge < -0.3 is 20.6 Å². The van der Waals surface area contributed by atoms with Crippen LogP contribution in [-0.4, -0.2) is 41.6 Å². The van der Waals surface area contributed by atoms with Crippen molar-refractivity contribution >= 4 is 35.2 Å². The summed E-state index contributed by atoms with van der Waals surface area (Å²) in [5, 5.41) is 15.2. The van der Waals surface area contributed by atoms with Crippen molar-refractivity contribution in [1.29, 1.82) is 0 Å². The second kappa shape index (κ2) is 7.95. The molecule has 1 unspecified atom stereocenters. The van der Waals surface area contributed by atoms with E-state index in [9.17, 15) is 14.4 Å². The molecule has 1 aromatic carbocycles. The Labute approximate surface area is 156 Å². The van der Waals surface area contributed by atoms with Crippen LogP contribution in [0.15, 0.2) is 24.3 Å². The number of carbonyl (C=O) groups is 3. The van der Waals surface area contributed by atoms with Gasteiger partial charge >= 0.3 is 12.0 Å². The van der Waals surface area contributed by atoms with E-state index < -0.39 is 12.0 Å². The van der Waals surface area contributed by atoms with Crippen molar-refractivity contribution < 1.29 is 19.5 Å². The number of benzene rings is 1. The normalized spacial score (nSPS) is 25.8. The van der Waals surface area contributed by atoms with E-state index in [0.29, 0.717) is 43.7 Å². The first kappa shape index (κ1) is 18.5. The smallest absolute Gasteiger partial charge is 0.315 e. The highest BCUT2D eigenvalue weighted by Gasteiger charge is 2.34. The number of halogens is 1. The monoisotopic (exact) mass is 379 g/mol. The molecule has 1 saturated carbocycles. The molecule has 3 amide bonds. The molecule has 2 fully saturated rings. The maximum absolute atomic E-state index is 12.5. The van der Waals surface area contributed by atoms with E-state index in [4.69, 9.17) is 16.7 Å². The third-order valence-electron chi connectivity index (χ3n) is 5.06. The molecule has 1 saturated heterocycles. The van der Waals surface area contributed by atoms with E-state index in [2.05, 4.69) is 10.6 Å². The summed E-state index contributed by atoms with van der Waals surface area (Å²) in [6.07, 6.45) is 2.94. The molecule has 1 aliphatic heterocycles. The highest BCUT2D eigenvalue weighted by atomic mass is 35.5. The van der Waals surface area contributed by atoms with Crippen LogP contribution in [0.4, 0.5) is 10.5 Å². The summed E-state index contributed by atoms with van der Waals surface area (Å²) in [4.78, 5) is 37.3. The van der Waals surface area contributed by atoms with E-state index in [0.717, 1.165) is 5.69 Å². The summed E-state index contributed by atoms with van der Waals surface area (Å²) in [5.41, 5.74) is 0.760. The zero-order valence-electron chi connectivity index (χ0n) is 14.3. The van der Waals surface area contributed by atoms with Crippen LogP contribution in [0.5, 0.6) is 0 Å². The quantitative estimate of drug-likeness (QED) is 0.748. The van der Waals surface area contributed by atoms with Gasteiger partial charge in [-0.2, -0.15) is 0 Å². The number of nitrogens with one attached hydrogen (secondary N) is 2. The molecule has 0 spiro atoms. The predicted octanol–water partition coefficient (Wildman–Crippen LogP) is 2.39. The Bertz CT molecular complexity index is 686. The lowest BCUT2D eigenvalue weighted by Crippen LogP contribution is -2.49. The molecule has 3 rings (SSSR count). The minimum absolute atomic E-state index is 0.0468. The average molecular weight is 380 g/mol. The van der Waals surface area contributed by atoms with Gasteiger partial charge in [-0.25, -0.2) is 4.79 Å². The average Bonchev–Trinajstić information content (AvgIpc) is 2.97. The number of hydrogen-bond donors (Lipinski definition) is 3. The number of hydrogen-bond acceptors (Lipinski definition) is 3. The SMILES string of the molecule is O=C(NC1CCC(C(=O)O)CC1)NC1CCN(c2ccc(Cl)cc2)C1=O. The number of carboxylic acids is 1. The summed E-state index contributed by atoms with van der Waals surface area (Å²) in [5.74, 6) is -1.23. The fraction of sp³-hybridized carbons (Fsp3) is 0.500. The molecule has 1 aromatic rings. The third kappa shape index (κ3) is 4.27. The van der Waals surface area contributed by atoms with Crippen LogP contribution < -0.4 is 15.5 Å². The van der Waals surface area contributed by atoms with E-state index in [-0.39, 0.29) is 23.9 Å². The number of carbonyl (C=O) groups excluding carboxylic acids is 2. The van der Waals surface area contributed by atoms with Crippen molar-refractivity contribution in [2.45, 2.75) is 44.2 Å². The minimum Gasteiger partial charge on any atom is -0.481 e. The van der Waals surface area contributed by atoms with Crippen LogP contribution in [0, 0.1) is 5.92 Å². The van der Waals surface area contributed by atoms with Gasteiger partial charge in [0.2, 0.25) is 5.91 Å². The van der Waals surface area contributed by atoms with Crippen LogP contribution >= 0.6 is 11.6 Å².